The number of H-pyrrole nitrogens is 1. The van der Waals surface area contributed by atoms with Gasteiger partial charge >= 0.3 is 5.97 Å². The number of carbonyl (C=O) groups excluding carboxylic acids is 1. The summed E-state index contributed by atoms with van der Waals surface area (Å²) in [4.78, 5) is 28.0. The van der Waals surface area contributed by atoms with Crippen LogP contribution in [0, 0.1) is 0 Å². The molecule has 0 radical (unpaired) electrons. The second-order valence-corrected chi connectivity index (χ2v) is 4.77. The Hall–Kier alpha value is -2.30. The van der Waals surface area contributed by atoms with Gasteiger partial charge in [-0.25, -0.2) is 4.79 Å². The van der Waals surface area contributed by atoms with Gasteiger partial charge in [-0.2, -0.15) is 0 Å². The number of nitrogens with zero attached hydrogens (tertiary/aromatic N) is 1. The van der Waals surface area contributed by atoms with Crippen LogP contribution in [0.2, 0.25) is 0 Å². The summed E-state index contributed by atoms with van der Waals surface area (Å²) in [5, 5.41) is 10.1. The highest BCUT2D eigenvalue weighted by molar-refractivity contribution is 6.00. The Kier molecular flexibility index (Phi) is 2.74. The maximum absolute atomic E-state index is 12.4. The molecule has 0 spiro atoms. The Morgan fingerprint density at radius 1 is 1.32 bits per heavy atom. The second-order valence-electron chi connectivity index (χ2n) is 4.77. The summed E-state index contributed by atoms with van der Waals surface area (Å²) in [6, 6.07) is 6.58. The molecular weight excluding hydrogens is 244 g/mol. The number of fused-ring (bicyclic) bond motifs is 1. The number of likely N-dealkylation sites (tertiary alicyclic amines) is 1. The van der Waals surface area contributed by atoms with Gasteiger partial charge in [-0.3, -0.25) is 4.79 Å². The van der Waals surface area contributed by atoms with Crippen molar-refractivity contribution in [3.8, 4) is 0 Å². The highest BCUT2D eigenvalue weighted by atomic mass is 16.4. The molecule has 2 aromatic rings. The average Bonchev–Trinajstić information content (AvgIpc) is 3.05. The van der Waals surface area contributed by atoms with E-state index in [2.05, 4.69) is 4.98 Å². The van der Waals surface area contributed by atoms with Crippen LogP contribution in [0.4, 0.5) is 0 Å². The van der Waals surface area contributed by atoms with Crippen LogP contribution < -0.4 is 0 Å². The van der Waals surface area contributed by atoms with Gasteiger partial charge in [0.25, 0.3) is 5.91 Å². The van der Waals surface area contributed by atoms with Crippen LogP contribution in [0.3, 0.4) is 0 Å². The van der Waals surface area contributed by atoms with E-state index in [1.807, 2.05) is 18.3 Å². The quantitative estimate of drug-likeness (QED) is 0.863. The molecule has 1 unspecified atom stereocenters. The molecular formula is C14H14N2O3. The maximum Gasteiger partial charge on any atom is 0.326 e. The molecule has 1 saturated heterocycles. The SMILES string of the molecule is O=C(O)C1CCCN1C(=O)c1ccc2[nH]ccc2c1. The first-order valence-electron chi connectivity index (χ1n) is 6.28. The summed E-state index contributed by atoms with van der Waals surface area (Å²) in [5.41, 5.74) is 1.51. The number of amides is 1. The van der Waals surface area contributed by atoms with Crippen LogP contribution in [0.15, 0.2) is 30.5 Å². The van der Waals surface area contributed by atoms with E-state index in [0.717, 1.165) is 17.3 Å². The molecule has 1 aliphatic heterocycles. The fraction of sp³-hybridized carbons (Fsp3) is 0.286. The van der Waals surface area contributed by atoms with E-state index >= 15 is 0 Å². The van der Waals surface area contributed by atoms with E-state index in [0.29, 0.717) is 18.5 Å². The molecule has 2 N–H and O–H groups in total. The third-order valence-corrected chi connectivity index (χ3v) is 3.60. The van der Waals surface area contributed by atoms with Crippen LogP contribution in [-0.2, 0) is 4.79 Å². The van der Waals surface area contributed by atoms with Crippen LogP contribution in [0.1, 0.15) is 23.2 Å². The monoisotopic (exact) mass is 258 g/mol. The van der Waals surface area contributed by atoms with E-state index in [1.165, 1.54) is 4.90 Å². The largest absolute Gasteiger partial charge is 0.480 e. The lowest BCUT2D eigenvalue weighted by molar-refractivity contribution is -0.141. The first kappa shape index (κ1) is 11.8. The van der Waals surface area contributed by atoms with Crippen molar-refractivity contribution in [2.45, 2.75) is 18.9 Å². The smallest absolute Gasteiger partial charge is 0.326 e. The molecule has 98 valence electrons. The Morgan fingerprint density at radius 3 is 2.95 bits per heavy atom. The molecule has 1 aromatic carbocycles. The Labute approximate surface area is 109 Å². The molecule has 0 saturated carbocycles. The molecule has 5 heteroatoms. The van der Waals surface area contributed by atoms with Crippen molar-refractivity contribution >= 4 is 22.8 Å². The zero-order chi connectivity index (χ0) is 13.4. The lowest BCUT2D eigenvalue weighted by atomic mass is 10.1. The number of carbonyl (C=O) groups is 2. The summed E-state index contributed by atoms with van der Waals surface area (Å²) in [5.74, 6) is -1.12. The van der Waals surface area contributed by atoms with Crippen molar-refractivity contribution in [3.63, 3.8) is 0 Å². The number of hydrogen-bond donors (Lipinski definition) is 2. The third kappa shape index (κ3) is 1.97. The fourth-order valence-electron chi connectivity index (χ4n) is 2.62. The van der Waals surface area contributed by atoms with Gasteiger partial charge in [0, 0.05) is 29.2 Å². The van der Waals surface area contributed by atoms with Gasteiger partial charge < -0.3 is 15.0 Å². The summed E-state index contributed by atoms with van der Waals surface area (Å²) in [6.07, 6.45) is 3.09. The Bertz CT molecular complexity index is 647. The van der Waals surface area contributed by atoms with Crippen molar-refractivity contribution in [3.05, 3.63) is 36.0 Å². The molecule has 1 amide bonds. The number of hydrogen-bond acceptors (Lipinski definition) is 2. The van der Waals surface area contributed by atoms with E-state index in [9.17, 15) is 9.59 Å². The zero-order valence-electron chi connectivity index (χ0n) is 10.3. The minimum absolute atomic E-state index is 0.201. The van der Waals surface area contributed by atoms with Crippen LogP contribution >= 0.6 is 0 Å². The molecule has 1 fully saturated rings. The lowest BCUT2D eigenvalue weighted by Gasteiger charge is -2.21. The maximum atomic E-state index is 12.4. The molecule has 0 aliphatic carbocycles. The number of aliphatic carboxylic acids is 1. The Morgan fingerprint density at radius 2 is 2.16 bits per heavy atom. The highest BCUT2D eigenvalue weighted by Gasteiger charge is 2.34. The molecule has 2 heterocycles. The number of rotatable bonds is 2. The van der Waals surface area contributed by atoms with Gasteiger partial charge in [0.05, 0.1) is 0 Å². The van der Waals surface area contributed by atoms with Crippen molar-refractivity contribution in [1.82, 2.24) is 9.88 Å². The van der Waals surface area contributed by atoms with Gasteiger partial charge in [0.1, 0.15) is 6.04 Å². The average molecular weight is 258 g/mol. The van der Waals surface area contributed by atoms with Crippen molar-refractivity contribution in [1.29, 1.82) is 0 Å². The number of aromatic amines is 1. The summed E-state index contributed by atoms with van der Waals surface area (Å²) < 4.78 is 0. The fourth-order valence-corrected chi connectivity index (χ4v) is 2.62. The summed E-state index contributed by atoms with van der Waals surface area (Å²) >= 11 is 0. The number of aromatic nitrogens is 1. The molecule has 5 nitrogen and oxygen atoms in total. The summed E-state index contributed by atoms with van der Waals surface area (Å²) in [6.45, 7) is 0.515. The van der Waals surface area contributed by atoms with E-state index in [4.69, 9.17) is 5.11 Å². The van der Waals surface area contributed by atoms with Crippen LogP contribution in [0.25, 0.3) is 10.9 Å². The minimum atomic E-state index is -0.923. The van der Waals surface area contributed by atoms with Gasteiger partial charge in [-0.15, -0.1) is 0 Å². The van der Waals surface area contributed by atoms with E-state index < -0.39 is 12.0 Å². The Balaban J connectivity index is 1.92. The zero-order valence-corrected chi connectivity index (χ0v) is 10.3. The van der Waals surface area contributed by atoms with E-state index in [1.54, 1.807) is 12.1 Å². The molecule has 0 bridgehead atoms. The number of benzene rings is 1. The topological polar surface area (TPSA) is 73.4 Å². The van der Waals surface area contributed by atoms with Crippen molar-refractivity contribution in [2.75, 3.05) is 6.54 Å². The van der Waals surface area contributed by atoms with Crippen molar-refractivity contribution in [2.24, 2.45) is 0 Å². The van der Waals surface area contributed by atoms with Gasteiger partial charge in [0.15, 0.2) is 0 Å². The number of carboxylic acids is 1. The number of nitrogens with one attached hydrogen (secondary N) is 1. The van der Waals surface area contributed by atoms with Gasteiger partial charge in [-0.05, 0) is 37.1 Å². The minimum Gasteiger partial charge on any atom is -0.480 e. The predicted molar refractivity (Wildman–Crippen MR) is 70.0 cm³/mol. The predicted octanol–water partition coefficient (Wildman–Crippen LogP) is 1.86. The molecule has 3 rings (SSSR count). The lowest BCUT2D eigenvalue weighted by Crippen LogP contribution is -2.40. The molecule has 1 aromatic heterocycles. The first-order chi connectivity index (χ1) is 9.16. The number of carboxylic acid groups (broad SMARTS) is 1. The summed E-state index contributed by atoms with van der Waals surface area (Å²) in [7, 11) is 0. The van der Waals surface area contributed by atoms with Crippen molar-refractivity contribution < 1.29 is 14.7 Å². The van der Waals surface area contributed by atoms with Gasteiger partial charge in [0.2, 0.25) is 0 Å². The third-order valence-electron chi connectivity index (χ3n) is 3.60. The van der Waals surface area contributed by atoms with Crippen LogP contribution in [-0.4, -0.2) is 39.5 Å². The highest BCUT2D eigenvalue weighted by Crippen LogP contribution is 2.22. The standard InChI is InChI=1S/C14H14N2O3/c17-13(16-7-1-2-12(16)14(18)19)10-3-4-11-9(8-10)5-6-15-11/h3-6,8,12,15H,1-2,7H2,(H,18,19). The van der Waals surface area contributed by atoms with E-state index in [-0.39, 0.29) is 5.91 Å². The molecule has 19 heavy (non-hydrogen) atoms. The second kappa shape index (κ2) is 4.42. The molecule has 1 aliphatic rings. The normalized spacial score (nSPS) is 18.9. The van der Waals surface area contributed by atoms with Gasteiger partial charge in [-0.1, -0.05) is 0 Å². The molecule has 1 atom stereocenters. The first-order valence-corrected chi connectivity index (χ1v) is 6.28. The van der Waals surface area contributed by atoms with Crippen LogP contribution in [0.5, 0.6) is 0 Å².